The number of nitrogens with one attached hydrogen (secondary N) is 1. The third-order valence-corrected chi connectivity index (χ3v) is 4.50. The normalized spacial score (nSPS) is 14.1. The largest absolute Gasteiger partial charge is 0.451 e. The van der Waals surface area contributed by atoms with Gasteiger partial charge in [0.25, 0.3) is 11.8 Å². The number of ether oxygens (including phenoxy) is 1. The Balaban J connectivity index is 1.80. The number of nitrogens with zero attached hydrogens (tertiary/aromatic N) is 3. The van der Waals surface area contributed by atoms with Crippen LogP contribution < -0.4 is 10.2 Å². The van der Waals surface area contributed by atoms with E-state index in [1.54, 1.807) is 29.2 Å². The minimum absolute atomic E-state index is 0.0619. The topological polar surface area (TPSA) is 120 Å². The minimum atomic E-state index is -1.01. The first-order valence-corrected chi connectivity index (χ1v) is 9.33. The molecular formula is C20H24N4O5. The highest BCUT2D eigenvalue weighted by Gasteiger charge is 2.23. The summed E-state index contributed by atoms with van der Waals surface area (Å²) in [7, 11) is 1.52. The summed E-state index contributed by atoms with van der Waals surface area (Å²) in [5, 5.41) is 11.0. The van der Waals surface area contributed by atoms with Gasteiger partial charge in [0.15, 0.2) is 6.10 Å². The molecule has 1 atom stereocenters. The van der Waals surface area contributed by atoms with Crippen molar-refractivity contribution in [2.45, 2.75) is 32.3 Å². The van der Waals surface area contributed by atoms with Gasteiger partial charge in [-0.1, -0.05) is 0 Å². The third-order valence-electron chi connectivity index (χ3n) is 4.50. The Morgan fingerprint density at radius 1 is 1.31 bits per heavy atom. The molecule has 1 N–H and O–H groups in total. The Bertz CT molecular complexity index is 815. The highest BCUT2D eigenvalue weighted by Crippen LogP contribution is 2.21. The molecule has 1 aromatic carbocycles. The molecule has 1 fully saturated rings. The van der Waals surface area contributed by atoms with Crippen LogP contribution in [-0.2, 0) is 19.1 Å². The molecule has 3 amide bonds. The smallest absolute Gasteiger partial charge is 0.326 e. The van der Waals surface area contributed by atoms with E-state index in [1.807, 2.05) is 6.07 Å². The summed E-state index contributed by atoms with van der Waals surface area (Å²) in [5.74, 6) is -1.57. The molecule has 9 nitrogen and oxygen atoms in total. The summed E-state index contributed by atoms with van der Waals surface area (Å²) in [4.78, 5) is 50.8. The van der Waals surface area contributed by atoms with Crippen molar-refractivity contribution in [2.24, 2.45) is 0 Å². The SMILES string of the molecule is C[C@H](OC(=O)CNC(=O)c1ccc(N2CCCC2=O)cc1)C(=O)N(C)CCC#N. The van der Waals surface area contributed by atoms with E-state index in [0.717, 1.165) is 12.1 Å². The zero-order valence-electron chi connectivity index (χ0n) is 16.5. The Kier molecular flexibility index (Phi) is 7.71. The highest BCUT2D eigenvalue weighted by atomic mass is 16.5. The molecule has 0 bridgehead atoms. The first-order chi connectivity index (χ1) is 13.8. The first-order valence-electron chi connectivity index (χ1n) is 9.33. The molecule has 0 aromatic heterocycles. The molecule has 0 aliphatic carbocycles. The average Bonchev–Trinajstić information content (AvgIpc) is 3.15. The maximum absolute atomic E-state index is 12.2. The number of carbonyl (C=O) groups excluding carboxylic acids is 4. The molecule has 0 spiro atoms. The van der Waals surface area contributed by atoms with E-state index in [2.05, 4.69) is 5.32 Å². The van der Waals surface area contributed by atoms with Gasteiger partial charge in [-0.2, -0.15) is 5.26 Å². The van der Waals surface area contributed by atoms with E-state index in [1.165, 1.54) is 18.9 Å². The summed E-state index contributed by atoms with van der Waals surface area (Å²) in [6, 6.07) is 8.47. The maximum atomic E-state index is 12.2. The number of anilines is 1. The lowest BCUT2D eigenvalue weighted by molar-refractivity contribution is -0.157. The van der Waals surface area contributed by atoms with E-state index in [4.69, 9.17) is 10.00 Å². The van der Waals surface area contributed by atoms with E-state index in [9.17, 15) is 19.2 Å². The molecule has 154 valence electrons. The molecular weight excluding hydrogens is 376 g/mol. The molecule has 1 saturated heterocycles. The van der Waals surface area contributed by atoms with Crippen LogP contribution >= 0.6 is 0 Å². The molecule has 1 aliphatic heterocycles. The number of likely N-dealkylation sites (N-methyl/N-ethyl adjacent to an activating group) is 1. The van der Waals surface area contributed by atoms with Crippen LogP contribution in [0.1, 0.15) is 36.5 Å². The predicted molar refractivity (Wildman–Crippen MR) is 104 cm³/mol. The van der Waals surface area contributed by atoms with Crippen LogP contribution in [0.4, 0.5) is 5.69 Å². The van der Waals surface area contributed by atoms with Gasteiger partial charge < -0.3 is 19.9 Å². The van der Waals surface area contributed by atoms with Gasteiger partial charge in [-0.3, -0.25) is 19.2 Å². The molecule has 1 heterocycles. The summed E-state index contributed by atoms with van der Waals surface area (Å²) in [6.45, 7) is 1.96. The predicted octanol–water partition coefficient (Wildman–Crippen LogP) is 0.847. The lowest BCUT2D eigenvalue weighted by Gasteiger charge is -2.20. The molecule has 1 aromatic rings. The van der Waals surface area contributed by atoms with Crippen molar-refractivity contribution in [1.29, 1.82) is 5.26 Å². The van der Waals surface area contributed by atoms with E-state index in [0.29, 0.717) is 18.5 Å². The average molecular weight is 400 g/mol. The minimum Gasteiger partial charge on any atom is -0.451 e. The first kappa shape index (κ1) is 21.9. The number of amides is 3. The van der Waals surface area contributed by atoms with Crippen molar-refractivity contribution >= 4 is 29.4 Å². The fraction of sp³-hybridized carbons (Fsp3) is 0.450. The lowest BCUT2D eigenvalue weighted by atomic mass is 10.2. The van der Waals surface area contributed by atoms with E-state index < -0.39 is 23.9 Å². The molecule has 1 aliphatic rings. The van der Waals surface area contributed by atoms with Crippen molar-refractivity contribution < 1.29 is 23.9 Å². The van der Waals surface area contributed by atoms with E-state index >= 15 is 0 Å². The molecule has 0 unspecified atom stereocenters. The number of benzene rings is 1. The zero-order chi connectivity index (χ0) is 21.4. The van der Waals surface area contributed by atoms with Crippen LogP contribution in [0.2, 0.25) is 0 Å². The van der Waals surface area contributed by atoms with E-state index in [-0.39, 0.29) is 25.4 Å². The van der Waals surface area contributed by atoms with Gasteiger partial charge >= 0.3 is 5.97 Å². The van der Waals surface area contributed by atoms with Gasteiger partial charge in [0.1, 0.15) is 6.54 Å². The van der Waals surface area contributed by atoms with Gasteiger partial charge in [-0.25, -0.2) is 0 Å². The highest BCUT2D eigenvalue weighted by molar-refractivity contribution is 5.98. The summed E-state index contributed by atoms with van der Waals surface area (Å²) in [6.07, 6.45) is 0.516. The number of hydrogen-bond acceptors (Lipinski definition) is 6. The lowest BCUT2D eigenvalue weighted by Crippen LogP contribution is -2.40. The van der Waals surface area contributed by atoms with Crippen LogP contribution in [0.15, 0.2) is 24.3 Å². The van der Waals surface area contributed by atoms with Crippen LogP contribution in [0, 0.1) is 11.3 Å². The van der Waals surface area contributed by atoms with Crippen molar-refractivity contribution in [3.63, 3.8) is 0 Å². The fourth-order valence-electron chi connectivity index (χ4n) is 2.90. The Morgan fingerprint density at radius 2 is 2.00 bits per heavy atom. The summed E-state index contributed by atoms with van der Waals surface area (Å²) in [5.41, 5.74) is 1.07. The molecule has 2 rings (SSSR count). The number of nitriles is 1. The monoisotopic (exact) mass is 400 g/mol. The fourth-order valence-corrected chi connectivity index (χ4v) is 2.90. The molecule has 0 radical (unpaired) electrons. The zero-order valence-corrected chi connectivity index (χ0v) is 16.5. The van der Waals surface area contributed by atoms with Crippen molar-refractivity contribution in [1.82, 2.24) is 10.2 Å². The molecule has 0 saturated carbocycles. The second-order valence-electron chi connectivity index (χ2n) is 6.68. The number of hydrogen-bond donors (Lipinski definition) is 1. The van der Waals surface area contributed by atoms with Crippen LogP contribution in [0.5, 0.6) is 0 Å². The molecule has 29 heavy (non-hydrogen) atoms. The van der Waals surface area contributed by atoms with Gasteiger partial charge in [0.2, 0.25) is 5.91 Å². The number of carbonyl (C=O) groups is 4. The Labute approximate surface area is 169 Å². The Morgan fingerprint density at radius 3 is 2.59 bits per heavy atom. The van der Waals surface area contributed by atoms with Gasteiger partial charge in [-0.05, 0) is 37.6 Å². The molecule has 9 heteroatoms. The van der Waals surface area contributed by atoms with Crippen LogP contribution in [0.25, 0.3) is 0 Å². The quantitative estimate of drug-likeness (QED) is 0.646. The summed E-state index contributed by atoms with van der Waals surface area (Å²) >= 11 is 0. The second kappa shape index (κ2) is 10.2. The number of esters is 1. The van der Waals surface area contributed by atoms with Crippen molar-refractivity contribution in [3.05, 3.63) is 29.8 Å². The van der Waals surface area contributed by atoms with Crippen LogP contribution in [0.3, 0.4) is 0 Å². The maximum Gasteiger partial charge on any atom is 0.326 e. The van der Waals surface area contributed by atoms with Gasteiger partial charge in [0.05, 0.1) is 12.5 Å². The Hall–Kier alpha value is -3.41. The van der Waals surface area contributed by atoms with Gasteiger partial charge in [-0.15, -0.1) is 0 Å². The standard InChI is InChI=1S/C20H24N4O5/c1-14(20(28)23(2)11-4-10-21)29-18(26)13-22-19(27)15-6-8-16(9-7-15)24-12-3-5-17(24)25/h6-9,14H,3-5,11-13H2,1-2H3,(H,22,27)/t14-/m0/s1. The second-order valence-corrected chi connectivity index (χ2v) is 6.68. The number of rotatable bonds is 8. The third kappa shape index (κ3) is 6.04. The van der Waals surface area contributed by atoms with Crippen molar-refractivity contribution in [2.75, 3.05) is 31.6 Å². The van der Waals surface area contributed by atoms with Gasteiger partial charge in [0, 0.05) is 37.8 Å². The van der Waals surface area contributed by atoms with Crippen molar-refractivity contribution in [3.8, 4) is 6.07 Å². The summed E-state index contributed by atoms with van der Waals surface area (Å²) < 4.78 is 5.03. The van der Waals surface area contributed by atoms with Crippen LogP contribution in [-0.4, -0.2) is 61.4 Å².